The van der Waals surface area contributed by atoms with Gasteiger partial charge in [-0.2, -0.15) is 0 Å². The highest BCUT2D eigenvalue weighted by atomic mass is 32.2. The summed E-state index contributed by atoms with van der Waals surface area (Å²) in [4.78, 5) is 65.1. The number of anilines is 1. The molecule has 2 aromatic carbocycles. The van der Waals surface area contributed by atoms with Crippen LogP contribution in [0.1, 0.15) is 39.1 Å². The second kappa shape index (κ2) is 12.5. The summed E-state index contributed by atoms with van der Waals surface area (Å²) in [5, 5.41) is 28.4. The summed E-state index contributed by atoms with van der Waals surface area (Å²) in [6.07, 6.45) is 0.419. The first-order valence-corrected chi connectivity index (χ1v) is 12.2. The zero-order valence-electron chi connectivity index (χ0n) is 19.9. The van der Waals surface area contributed by atoms with Gasteiger partial charge in [-0.05, 0) is 36.6 Å². The number of nitro groups is 1. The van der Waals surface area contributed by atoms with Crippen LogP contribution in [0.15, 0.2) is 46.3 Å². The molecule has 0 aromatic heterocycles. The number of carbonyl (C=O) groups excluding carboxylic acids is 3. The molecule has 0 spiro atoms. The lowest BCUT2D eigenvalue weighted by atomic mass is 10.1. The number of hydrogen-bond donors (Lipinski definition) is 6. The quantitative estimate of drug-likeness (QED) is 0.0986. The van der Waals surface area contributed by atoms with Crippen molar-refractivity contribution >= 4 is 52.8 Å². The standard InChI is InChI=1S/C23H25N7O7S/c24-23(25)26-7-1-2-16-21(33)27-10-19(31)28-17-8-12(22(34)35)3-4-13(17)11-38-18-6-5-14(30(36)37)9-15(18)20(32)29-16/h3-6,8-9,16H,1-2,7,10-11H2,(H,27,33)(H,28,31)(H,29,32)(H,34,35)(H4,24,25,26)/t16-/m0/s1. The zero-order valence-corrected chi connectivity index (χ0v) is 20.7. The molecule has 0 fully saturated rings. The Labute approximate surface area is 220 Å². The molecule has 8 N–H and O–H groups in total. The van der Waals surface area contributed by atoms with Gasteiger partial charge in [-0.15, -0.1) is 11.8 Å². The van der Waals surface area contributed by atoms with Gasteiger partial charge in [0.2, 0.25) is 11.8 Å². The fourth-order valence-electron chi connectivity index (χ4n) is 3.54. The number of guanidine groups is 1. The fourth-order valence-corrected chi connectivity index (χ4v) is 4.57. The van der Waals surface area contributed by atoms with Crippen LogP contribution < -0.4 is 27.4 Å². The largest absolute Gasteiger partial charge is 0.478 e. The molecule has 14 nitrogen and oxygen atoms in total. The van der Waals surface area contributed by atoms with Gasteiger partial charge in [-0.3, -0.25) is 29.5 Å². The summed E-state index contributed by atoms with van der Waals surface area (Å²) in [7, 11) is 0. The van der Waals surface area contributed by atoms with Crippen molar-refractivity contribution in [2.45, 2.75) is 29.5 Å². The van der Waals surface area contributed by atoms with E-state index < -0.39 is 41.2 Å². The summed E-state index contributed by atoms with van der Waals surface area (Å²) in [6.45, 7) is -0.270. The summed E-state index contributed by atoms with van der Waals surface area (Å²) < 4.78 is 0. The van der Waals surface area contributed by atoms with E-state index in [1.54, 1.807) is 0 Å². The molecule has 0 saturated heterocycles. The van der Waals surface area contributed by atoms with E-state index in [9.17, 15) is 34.4 Å². The molecule has 3 amide bonds. The number of rotatable bonds is 6. The average Bonchev–Trinajstić information content (AvgIpc) is 2.87. The van der Waals surface area contributed by atoms with Gasteiger partial charge < -0.3 is 32.5 Å². The van der Waals surface area contributed by atoms with Crippen molar-refractivity contribution in [3.8, 4) is 0 Å². The van der Waals surface area contributed by atoms with Crippen LogP contribution in [0, 0.1) is 10.1 Å². The number of aromatic carboxylic acids is 1. The normalized spacial score (nSPS) is 16.0. The van der Waals surface area contributed by atoms with E-state index in [1.165, 1.54) is 30.3 Å². The van der Waals surface area contributed by atoms with Crippen LogP contribution >= 0.6 is 11.8 Å². The van der Waals surface area contributed by atoms with Crippen LogP contribution in [0.2, 0.25) is 0 Å². The van der Waals surface area contributed by atoms with Crippen molar-refractivity contribution in [2.24, 2.45) is 16.5 Å². The van der Waals surface area contributed by atoms with E-state index >= 15 is 0 Å². The minimum atomic E-state index is -1.19. The van der Waals surface area contributed by atoms with E-state index in [-0.39, 0.29) is 47.2 Å². The number of amides is 3. The van der Waals surface area contributed by atoms with Crippen molar-refractivity contribution in [1.29, 1.82) is 0 Å². The first-order chi connectivity index (χ1) is 18.0. The first kappa shape index (κ1) is 27.9. The molecule has 1 atom stereocenters. The van der Waals surface area contributed by atoms with Crippen molar-refractivity contribution < 1.29 is 29.2 Å². The SMILES string of the molecule is NC(N)=NCCC[C@@H]1NC(=O)c2cc([N+](=O)[O-])ccc2SCc2ccc(C(=O)O)cc2NC(=O)CNC1=O. The molecule has 200 valence electrons. The number of fused-ring (bicyclic) bond motifs is 2. The number of carboxylic acid groups (broad SMARTS) is 1. The lowest BCUT2D eigenvalue weighted by Crippen LogP contribution is -2.48. The smallest absolute Gasteiger partial charge is 0.335 e. The Kier molecular flexibility index (Phi) is 9.21. The molecule has 3 rings (SSSR count). The number of thioether (sulfide) groups is 1. The average molecular weight is 544 g/mol. The van der Waals surface area contributed by atoms with Gasteiger partial charge in [0.25, 0.3) is 11.6 Å². The third kappa shape index (κ3) is 7.42. The third-order valence-electron chi connectivity index (χ3n) is 5.42. The maximum atomic E-state index is 13.2. The number of nitrogens with zero attached hydrogens (tertiary/aromatic N) is 2. The maximum absolute atomic E-state index is 13.2. The summed E-state index contributed by atoms with van der Waals surface area (Å²) in [5.74, 6) is -3.13. The molecular weight excluding hydrogens is 518 g/mol. The highest BCUT2D eigenvalue weighted by molar-refractivity contribution is 7.98. The first-order valence-electron chi connectivity index (χ1n) is 11.3. The van der Waals surface area contributed by atoms with Gasteiger partial charge in [0.15, 0.2) is 5.96 Å². The van der Waals surface area contributed by atoms with Crippen molar-refractivity contribution in [3.63, 3.8) is 0 Å². The van der Waals surface area contributed by atoms with E-state index in [1.807, 2.05) is 0 Å². The molecule has 0 saturated carbocycles. The molecule has 0 aliphatic carbocycles. The molecule has 0 unspecified atom stereocenters. The number of carbonyl (C=O) groups is 4. The lowest BCUT2D eigenvalue weighted by Gasteiger charge is -2.20. The van der Waals surface area contributed by atoms with Gasteiger partial charge in [0, 0.05) is 35.0 Å². The Morgan fingerprint density at radius 1 is 1.18 bits per heavy atom. The van der Waals surface area contributed by atoms with E-state index in [2.05, 4.69) is 20.9 Å². The summed E-state index contributed by atoms with van der Waals surface area (Å²) in [6, 6.07) is 6.87. The minimum absolute atomic E-state index is 0.0176. The number of nitrogens with two attached hydrogens (primary N) is 2. The van der Waals surface area contributed by atoms with Crippen LogP contribution in [0.3, 0.4) is 0 Å². The molecule has 15 heteroatoms. The predicted molar refractivity (Wildman–Crippen MR) is 139 cm³/mol. The summed E-state index contributed by atoms with van der Waals surface area (Å²) in [5.41, 5.74) is 11.0. The van der Waals surface area contributed by atoms with Gasteiger partial charge >= 0.3 is 5.97 Å². The van der Waals surface area contributed by atoms with Crippen molar-refractivity contribution in [3.05, 3.63) is 63.2 Å². The second-order valence-corrected chi connectivity index (χ2v) is 9.16. The Morgan fingerprint density at radius 3 is 2.63 bits per heavy atom. The van der Waals surface area contributed by atoms with Crippen LogP contribution in [-0.4, -0.2) is 58.8 Å². The van der Waals surface area contributed by atoms with Gasteiger partial charge in [-0.1, -0.05) is 6.07 Å². The number of non-ortho nitro benzene ring substituents is 1. The predicted octanol–water partition coefficient (Wildman–Crippen LogP) is 0.806. The number of aliphatic imine (C=N–C) groups is 1. The highest BCUT2D eigenvalue weighted by Crippen LogP contribution is 2.32. The Bertz CT molecular complexity index is 1310. The summed E-state index contributed by atoms with van der Waals surface area (Å²) >= 11 is 1.15. The number of benzene rings is 2. The molecule has 2 aromatic rings. The van der Waals surface area contributed by atoms with Crippen LogP contribution in [0.5, 0.6) is 0 Å². The molecule has 0 radical (unpaired) electrons. The molecular formula is C23H25N7O7S. The molecule has 1 aliphatic rings. The van der Waals surface area contributed by atoms with Gasteiger partial charge in [0.1, 0.15) is 6.04 Å². The topological polar surface area (TPSA) is 232 Å². The number of nitrogens with one attached hydrogen (secondary N) is 3. The molecule has 1 heterocycles. The Morgan fingerprint density at radius 2 is 1.95 bits per heavy atom. The Balaban J connectivity index is 2.00. The highest BCUT2D eigenvalue weighted by Gasteiger charge is 2.25. The molecule has 0 bridgehead atoms. The lowest BCUT2D eigenvalue weighted by molar-refractivity contribution is -0.384. The van der Waals surface area contributed by atoms with E-state index in [0.29, 0.717) is 16.9 Å². The third-order valence-corrected chi connectivity index (χ3v) is 6.55. The van der Waals surface area contributed by atoms with Crippen molar-refractivity contribution in [1.82, 2.24) is 10.6 Å². The molecule has 38 heavy (non-hydrogen) atoms. The van der Waals surface area contributed by atoms with E-state index in [0.717, 1.165) is 17.8 Å². The van der Waals surface area contributed by atoms with Crippen LogP contribution in [0.4, 0.5) is 11.4 Å². The number of carboxylic acids is 1. The van der Waals surface area contributed by atoms with Crippen molar-refractivity contribution in [2.75, 3.05) is 18.4 Å². The zero-order chi connectivity index (χ0) is 27.8. The Hall–Kier alpha value is -4.66. The van der Waals surface area contributed by atoms with E-state index in [4.69, 9.17) is 11.5 Å². The number of hydrogen-bond acceptors (Lipinski definition) is 8. The number of nitro benzene ring substituents is 1. The maximum Gasteiger partial charge on any atom is 0.335 e. The van der Waals surface area contributed by atoms with Crippen LogP contribution in [-0.2, 0) is 15.3 Å². The minimum Gasteiger partial charge on any atom is -0.478 e. The van der Waals surface area contributed by atoms with Gasteiger partial charge in [-0.25, -0.2) is 4.79 Å². The monoisotopic (exact) mass is 543 g/mol. The second-order valence-electron chi connectivity index (χ2n) is 8.14. The van der Waals surface area contributed by atoms with Crippen LogP contribution in [0.25, 0.3) is 0 Å². The fraction of sp³-hybridized carbons (Fsp3) is 0.261. The van der Waals surface area contributed by atoms with Gasteiger partial charge in [0.05, 0.1) is 22.6 Å². The molecule has 1 aliphatic heterocycles.